The first kappa shape index (κ1) is 18.6. The Morgan fingerprint density at radius 1 is 1.13 bits per heavy atom. The average molecular weight is 412 g/mol. The number of imidazole rings is 1. The van der Waals surface area contributed by atoms with Gasteiger partial charge in [0.15, 0.2) is 11.6 Å². The number of aryl methyl sites for hydroxylation is 1. The predicted octanol–water partition coefficient (Wildman–Crippen LogP) is 1.75. The molecule has 0 atom stereocenters. The molecule has 8 nitrogen and oxygen atoms in total. The van der Waals surface area contributed by atoms with Crippen molar-refractivity contribution < 1.29 is 13.5 Å². The smallest absolute Gasteiger partial charge is 0.334 e. The van der Waals surface area contributed by atoms with Gasteiger partial charge in [-0.1, -0.05) is 0 Å². The van der Waals surface area contributed by atoms with Crippen molar-refractivity contribution in [3.05, 3.63) is 58.3 Å². The zero-order valence-electron chi connectivity index (χ0n) is 16.2. The fraction of sp³-hybridized carbons (Fsp3) is 0.250. The van der Waals surface area contributed by atoms with Gasteiger partial charge in [-0.25, -0.2) is 23.1 Å². The van der Waals surface area contributed by atoms with Crippen LogP contribution in [0.3, 0.4) is 0 Å². The van der Waals surface area contributed by atoms with E-state index in [1.807, 2.05) is 6.07 Å². The molecular weight excluding hydrogens is 394 g/mol. The summed E-state index contributed by atoms with van der Waals surface area (Å²) in [5.74, 6) is -1.18. The first-order valence-corrected chi connectivity index (χ1v) is 9.34. The lowest BCUT2D eigenvalue weighted by atomic mass is 9.96. The van der Waals surface area contributed by atoms with Crippen molar-refractivity contribution in [2.24, 2.45) is 7.05 Å². The molecule has 0 unspecified atom stereocenters. The molecule has 0 aliphatic carbocycles. The van der Waals surface area contributed by atoms with E-state index in [1.54, 1.807) is 26.4 Å². The van der Waals surface area contributed by atoms with Gasteiger partial charge in [0.2, 0.25) is 0 Å². The van der Waals surface area contributed by atoms with Crippen LogP contribution in [0.5, 0.6) is 5.75 Å². The summed E-state index contributed by atoms with van der Waals surface area (Å²) >= 11 is 0. The number of fused-ring (bicyclic) bond motifs is 3. The Balaban J connectivity index is 1.90. The number of aromatic nitrogens is 4. The third-order valence-corrected chi connectivity index (χ3v) is 5.50. The van der Waals surface area contributed by atoms with Crippen LogP contribution < -0.4 is 21.3 Å². The van der Waals surface area contributed by atoms with Crippen LogP contribution in [0.15, 0.2) is 35.4 Å². The number of benzene rings is 1. The molecule has 2 N–H and O–H groups in total. The Bertz CT molecular complexity index is 1360. The molecule has 1 aliphatic rings. The van der Waals surface area contributed by atoms with Crippen molar-refractivity contribution in [2.75, 3.05) is 20.2 Å². The highest BCUT2D eigenvalue weighted by Gasteiger charge is 2.24. The molecule has 0 radical (unpaired) electrons. The summed E-state index contributed by atoms with van der Waals surface area (Å²) in [6, 6.07) is 4.43. The fourth-order valence-corrected chi connectivity index (χ4v) is 3.99. The molecule has 0 bridgehead atoms. The van der Waals surface area contributed by atoms with Gasteiger partial charge in [-0.15, -0.1) is 0 Å². The summed E-state index contributed by atoms with van der Waals surface area (Å²) in [6.45, 7) is 1.42. The SMILES string of the molecule is COc1cc2ncc3c(c2cc1C1CNNC1)n(-c1ncc(F)cc1F)c(=O)n3C. The third-order valence-electron chi connectivity index (χ3n) is 5.50. The molecule has 30 heavy (non-hydrogen) atoms. The van der Waals surface area contributed by atoms with Crippen molar-refractivity contribution in [3.63, 3.8) is 0 Å². The highest BCUT2D eigenvalue weighted by atomic mass is 19.1. The van der Waals surface area contributed by atoms with Gasteiger partial charge in [-0.3, -0.25) is 20.4 Å². The summed E-state index contributed by atoms with van der Waals surface area (Å²) in [5.41, 5.74) is 8.18. The summed E-state index contributed by atoms with van der Waals surface area (Å²) in [5, 5.41) is 0.651. The lowest BCUT2D eigenvalue weighted by Gasteiger charge is -2.15. The second-order valence-corrected chi connectivity index (χ2v) is 7.20. The number of hydrazine groups is 1. The van der Waals surface area contributed by atoms with Crippen LogP contribution in [-0.4, -0.2) is 39.3 Å². The van der Waals surface area contributed by atoms with Gasteiger partial charge in [0.25, 0.3) is 0 Å². The van der Waals surface area contributed by atoms with Crippen molar-refractivity contribution in [3.8, 4) is 11.6 Å². The fourth-order valence-electron chi connectivity index (χ4n) is 3.99. The normalized spacial score (nSPS) is 14.8. The number of rotatable bonds is 3. The number of pyridine rings is 2. The third kappa shape index (κ3) is 2.68. The molecule has 1 aliphatic heterocycles. The minimum atomic E-state index is -0.924. The first-order chi connectivity index (χ1) is 14.5. The van der Waals surface area contributed by atoms with Gasteiger partial charge in [-0.2, -0.15) is 0 Å². The van der Waals surface area contributed by atoms with E-state index in [1.165, 1.54) is 4.57 Å². The lowest BCUT2D eigenvalue weighted by Crippen LogP contribution is -2.22. The molecule has 1 aromatic carbocycles. The summed E-state index contributed by atoms with van der Waals surface area (Å²) in [4.78, 5) is 21.3. The molecule has 0 amide bonds. The Hall–Kier alpha value is -3.37. The number of halogens is 2. The summed E-state index contributed by atoms with van der Waals surface area (Å²) in [7, 11) is 3.17. The molecule has 1 fully saturated rings. The monoisotopic (exact) mass is 412 g/mol. The molecule has 1 saturated heterocycles. The molecule has 154 valence electrons. The van der Waals surface area contributed by atoms with Crippen LogP contribution in [0.1, 0.15) is 11.5 Å². The molecule has 4 heterocycles. The second kappa shape index (κ2) is 6.85. The van der Waals surface area contributed by atoms with Gasteiger partial charge in [0.05, 0.1) is 36.1 Å². The molecule has 0 saturated carbocycles. The quantitative estimate of drug-likeness (QED) is 0.533. The Morgan fingerprint density at radius 3 is 2.60 bits per heavy atom. The number of nitrogens with one attached hydrogen (secondary N) is 2. The van der Waals surface area contributed by atoms with Crippen LogP contribution in [0.2, 0.25) is 0 Å². The first-order valence-electron chi connectivity index (χ1n) is 9.34. The maximum atomic E-state index is 14.6. The van der Waals surface area contributed by atoms with Crippen LogP contribution in [0, 0.1) is 11.6 Å². The van der Waals surface area contributed by atoms with E-state index in [4.69, 9.17) is 4.74 Å². The molecule has 0 spiro atoms. The number of methoxy groups -OCH3 is 1. The Kier molecular flexibility index (Phi) is 4.26. The zero-order valence-corrected chi connectivity index (χ0v) is 16.2. The average Bonchev–Trinajstić information content (AvgIpc) is 3.35. The van der Waals surface area contributed by atoms with Crippen LogP contribution in [-0.2, 0) is 7.05 Å². The van der Waals surface area contributed by atoms with Crippen LogP contribution in [0.4, 0.5) is 8.78 Å². The van der Waals surface area contributed by atoms with E-state index >= 15 is 0 Å². The number of ether oxygens (including phenoxy) is 1. The molecular formula is C20H18F2N6O2. The van der Waals surface area contributed by atoms with Crippen molar-refractivity contribution in [1.82, 2.24) is 30.0 Å². The number of hydrogen-bond acceptors (Lipinski definition) is 6. The number of hydrogen-bond donors (Lipinski definition) is 2. The zero-order chi connectivity index (χ0) is 21.0. The Labute approximate surface area is 169 Å². The van der Waals surface area contributed by atoms with Gasteiger partial charge in [0.1, 0.15) is 11.6 Å². The number of nitrogens with zero attached hydrogens (tertiary/aromatic N) is 4. The summed E-state index contributed by atoms with van der Waals surface area (Å²) < 4.78 is 36.1. The van der Waals surface area contributed by atoms with Crippen LogP contribution in [0.25, 0.3) is 27.8 Å². The van der Waals surface area contributed by atoms with E-state index in [0.717, 1.165) is 16.3 Å². The van der Waals surface area contributed by atoms with E-state index in [9.17, 15) is 13.6 Å². The van der Waals surface area contributed by atoms with Crippen molar-refractivity contribution in [2.45, 2.75) is 5.92 Å². The minimum absolute atomic E-state index is 0.143. The standard InChI is InChI=1S/C20H18F2N6O2/c1-27-16-9-23-15-5-17(30-2)12(10-6-25-26-7-10)4-13(15)18(16)28(20(27)29)19-14(22)3-11(21)8-24-19/h3-5,8-10,25-26H,6-7H2,1-2H3. The molecule has 4 aromatic rings. The van der Waals surface area contributed by atoms with E-state index in [-0.39, 0.29) is 11.7 Å². The van der Waals surface area contributed by atoms with Gasteiger partial charge in [0, 0.05) is 49.1 Å². The topological polar surface area (TPSA) is 86.0 Å². The predicted molar refractivity (Wildman–Crippen MR) is 107 cm³/mol. The molecule has 10 heteroatoms. The molecule has 3 aromatic heterocycles. The molecule has 5 rings (SSSR count). The second-order valence-electron chi connectivity index (χ2n) is 7.20. The lowest BCUT2D eigenvalue weighted by molar-refractivity contribution is 0.407. The maximum Gasteiger partial charge on any atom is 0.334 e. The van der Waals surface area contributed by atoms with Crippen molar-refractivity contribution in [1.29, 1.82) is 0 Å². The van der Waals surface area contributed by atoms with E-state index < -0.39 is 17.3 Å². The minimum Gasteiger partial charge on any atom is -0.496 e. The van der Waals surface area contributed by atoms with E-state index in [2.05, 4.69) is 20.8 Å². The highest BCUT2D eigenvalue weighted by molar-refractivity contribution is 6.04. The summed E-state index contributed by atoms with van der Waals surface area (Å²) in [6.07, 6.45) is 2.44. The van der Waals surface area contributed by atoms with E-state index in [0.29, 0.717) is 46.8 Å². The van der Waals surface area contributed by atoms with Crippen LogP contribution >= 0.6 is 0 Å². The van der Waals surface area contributed by atoms with Crippen molar-refractivity contribution >= 4 is 21.9 Å². The van der Waals surface area contributed by atoms with Gasteiger partial charge in [-0.05, 0) is 6.07 Å². The highest BCUT2D eigenvalue weighted by Crippen LogP contribution is 2.34. The largest absolute Gasteiger partial charge is 0.496 e. The maximum absolute atomic E-state index is 14.6. The van der Waals surface area contributed by atoms with Gasteiger partial charge < -0.3 is 4.74 Å². The van der Waals surface area contributed by atoms with Gasteiger partial charge >= 0.3 is 5.69 Å². The Morgan fingerprint density at radius 2 is 1.90 bits per heavy atom.